The van der Waals surface area contributed by atoms with Gasteiger partial charge >= 0.3 is 0 Å². The number of halogens is 1. The number of benzene rings is 1. The molecule has 0 aliphatic heterocycles. The molecule has 1 aliphatic carbocycles. The van der Waals surface area contributed by atoms with Crippen LogP contribution in [-0.4, -0.2) is 36.9 Å². The molecule has 1 atom stereocenters. The molecule has 1 amide bonds. The van der Waals surface area contributed by atoms with E-state index in [1.807, 2.05) is 23.1 Å². The normalized spacial score (nSPS) is 15.4. The molecule has 4 nitrogen and oxygen atoms in total. The Labute approximate surface area is 131 Å². The lowest BCUT2D eigenvalue weighted by molar-refractivity contribution is -0.131. The van der Waals surface area contributed by atoms with E-state index in [0.717, 1.165) is 23.6 Å². The second-order valence-corrected chi connectivity index (χ2v) is 6.11. The van der Waals surface area contributed by atoms with Crippen molar-refractivity contribution in [3.05, 3.63) is 23.8 Å². The average molecular weight is 312 g/mol. The van der Waals surface area contributed by atoms with Crippen LogP contribution in [0.3, 0.4) is 0 Å². The number of hydrogen-bond donors (Lipinski definition) is 0. The molecular formula is C16H22ClNO3. The van der Waals surface area contributed by atoms with E-state index in [9.17, 15) is 4.79 Å². The van der Waals surface area contributed by atoms with Crippen LogP contribution in [-0.2, 0) is 11.3 Å². The largest absolute Gasteiger partial charge is 0.497 e. The van der Waals surface area contributed by atoms with Crippen molar-refractivity contribution in [2.75, 3.05) is 20.8 Å². The van der Waals surface area contributed by atoms with E-state index < -0.39 is 5.38 Å². The van der Waals surface area contributed by atoms with Crippen molar-refractivity contribution < 1.29 is 14.3 Å². The van der Waals surface area contributed by atoms with E-state index in [0.29, 0.717) is 12.5 Å². The van der Waals surface area contributed by atoms with Gasteiger partial charge < -0.3 is 14.4 Å². The minimum absolute atomic E-state index is 0.0264. The van der Waals surface area contributed by atoms with Gasteiger partial charge in [-0.05, 0) is 37.8 Å². The third-order valence-corrected chi connectivity index (χ3v) is 3.87. The molecule has 0 aromatic heterocycles. The SMILES string of the molecule is COc1ccc(CN(CC2CC2)C(=O)C(C)Cl)c(OC)c1. The van der Waals surface area contributed by atoms with E-state index in [1.54, 1.807) is 21.1 Å². The van der Waals surface area contributed by atoms with E-state index in [2.05, 4.69) is 0 Å². The quantitative estimate of drug-likeness (QED) is 0.726. The molecule has 0 radical (unpaired) electrons. The number of carbonyl (C=O) groups excluding carboxylic acids is 1. The van der Waals surface area contributed by atoms with E-state index in [1.165, 1.54) is 12.8 Å². The molecule has 0 saturated heterocycles. The molecule has 1 fully saturated rings. The number of methoxy groups -OCH3 is 2. The molecule has 1 aromatic rings. The van der Waals surface area contributed by atoms with Crippen LogP contribution in [0.2, 0.25) is 0 Å². The van der Waals surface area contributed by atoms with Crippen LogP contribution < -0.4 is 9.47 Å². The molecule has 2 rings (SSSR count). The number of alkyl halides is 1. The van der Waals surface area contributed by atoms with Crippen LogP contribution >= 0.6 is 11.6 Å². The first-order chi connectivity index (χ1) is 10.0. The predicted molar refractivity (Wildman–Crippen MR) is 83.0 cm³/mol. The van der Waals surface area contributed by atoms with E-state index in [4.69, 9.17) is 21.1 Å². The standard InChI is InChI=1S/C16H22ClNO3/c1-11(17)16(19)18(9-12-4-5-12)10-13-6-7-14(20-2)8-15(13)21-3/h6-8,11-12H,4-5,9-10H2,1-3H3. The minimum atomic E-state index is -0.506. The summed E-state index contributed by atoms with van der Waals surface area (Å²) in [7, 11) is 3.24. The lowest BCUT2D eigenvalue weighted by Gasteiger charge is -2.25. The van der Waals surface area contributed by atoms with Crippen LogP contribution in [0.4, 0.5) is 0 Å². The van der Waals surface area contributed by atoms with Crippen molar-refractivity contribution in [3.8, 4) is 11.5 Å². The number of amides is 1. The van der Waals surface area contributed by atoms with Gasteiger partial charge in [0, 0.05) is 24.7 Å². The van der Waals surface area contributed by atoms with Crippen molar-refractivity contribution in [3.63, 3.8) is 0 Å². The third-order valence-electron chi connectivity index (χ3n) is 3.68. The van der Waals surface area contributed by atoms with Gasteiger partial charge in [-0.2, -0.15) is 0 Å². The van der Waals surface area contributed by atoms with Crippen LogP contribution in [0.15, 0.2) is 18.2 Å². The number of ether oxygens (including phenoxy) is 2. The molecule has 0 bridgehead atoms. The Hall–Kier alpha value is -1.42. The zero-order chi connectivity index (χ0) is 15.4. The van der Waals surface area contributed by atoms with Gasteiger partial charge in [0.15, 0.2) is 0 Å². The van der Waals surface area contributed by atoms with Gasteiger partial charge in [0.1, 0.15) is 16.9 Å². The van der Waals surface area contributed by atoms with Crippen molar-refractivity contribution >= 4 is 17.5 Å². The molecule has 1 unspecified atom stereocenters. The van der Waals surface area contributed by atoms with Crippen molar-refractivity contribution in [1.82, 2.24) is 4.90 Å². The smallest absolute Gasteiger partial charge is 0.240 e. The van der Waals surface area contributed by atoms with Crippen LogP contribution in [0.5, 0.6) is 11.5 Å². The number of nitrogens with zero attached hydrogens (tertiary/aromatic N) is 1. The zero-order valence-corrected chi connectivity index (χ0v) is 13.5. The summed E-state index contributed by atoms with van der Waals surface area (Å²) in [6.45, 7) is 3.00. The summed E-state index contributed by atoms with van der Waals surface area (Å²) in [6, 6.07) is 5.64. The highest BCUT2D eigenvalue weighted by molar-refractivity contribution is 6.30. The Kier molecular flexibility index (Phi) is 5.34. The molecule has 116 valence electrons. The molecule has 5 heteroatoms. The zero-order valence-electron chi connectivity index (χ0n) is 12.8. The summed E-state index contributed by atoms with van der Waals surface area (Å²) in [5.74, 6) is 2.06. The predicted octanol–water partition coefficient (Wildman–Crippen LogP) is 3.07. The Morgan fingerprint density at radius 3 is 2.62 bits per heavy atom. The first-order valence-electron chi connectivity index (χ1n) is 7.19. The molecule has 0 heterocycles. The second-order valence-electron chi connectivity index (χ2n) is 5.46. The minimum Gasteiger partial charge on any atom is -0.497 e. The maximum atomic E-state index is 12.3. The van der Waals surface area contributed by atoms with Crippen LogP contribution in [0, 0.1) is 5.92 Å². The molecule has 1 saturated carbocycles. The summed E-state index contributed by atoms with van der Waals surface area (Å²) in [4.78, 5) is 14.1. The molecule has 1 aromatic carbocycles. The van der Waals surface area contributed by atoms with Gasteiger partial charge in [0.25, 0.3) is 0 Å². The first-order valence-corrected chi connectivity index (χ1v) is 7.62. The highest BCUT2D eigenvalue weighted by Crippen LogP contribution is 2.32. The highest BCUT2D eigenvalue weighted by atomic mass is 35.5. The Balaban J connectivity index is 2.16. The molecular weight excluding hydrogens is 290 g/mol. The Bertz CT molecular complexity index is 500. The second kappa shape index (κ2) is 7.03. The monoisotopic (exact) mass is 311 g/mol. The fourth-order valence-corrected chi connectivity index (χ4v) is 2.42. The average Bonchev–Trinajstić information content (AvgIpc) is 3.29. The lowest BCUT2D eigenvalue weighted by Crippen LogP contribution is -2.36. The van der Waals surface area contributed by atoms with Crippen molar-refractivity contribution in [1.29, 1.82) is 0 Å². The molecule has 0 spiro atoms. The summed E-state index contributed by atoms with van der Waals surface area (Å²) in [5.41, 5.74) is 0.963. The number of hydrogen-bond acceptors (Lipinski definition) is 3. The molecule has 1 aliphatic rings. The van der Waals surface area contributed by atoms with Gasteiger partial charge in [-0.1, -0.05) is 0 Å². The van der Waals surface area contributed by atoms with Gasteiger partial charge in [-0.15, -0.1) is 11.6 Å². The fraction of sp³-hybridized carbons (Fsp3) is 0.562. The van der Waals surface area contributed by atoms with Crippen LogP contribution in [0.25, 0.3) is 0 Å². The van der Waals surface area contributed by atoms with Crippen molar-refractivity contribution in [2.24, 2.45) is 5.92 Å². The lowest BCUT2D eigenvalue weighted by atomic mass is 10.1. The Morgan fingerprint density at radius 2 is 2.10 bits per heavy atom. The van der Waals surface area contributed by atoms with Crippen molar-refractivity contribution in [2.45, 2.75) is 31.7 Å². The first kappa shape index (κ1) is 16.0. The molecule has 0 N–H and O–H groups in total. The van der Waals surface area contributed by atoms with E-state index >= 15 is 0 Å². The van der Waals surface area contributed by atoms with Gasteiger partial charge in [-0.25, -0.2) is 0 Å². The van der Waals surface area contributed by atoms with Crippen LogP contribution in [0.1, 0.15) is 25.3 Å². The third kappa shape index (κ3) is 4.27. The molecule has 21 heavy (non-hydrogen) atoms. The van der Waals surface area contributed by atoms with Gasteiger partial charge in [-0.3, -0.25) is 4.79 Å². The van der Waals surface area contributed by atoms with Gasteiger partial charge in [0.05, 0.1) is 14.2 Å². The topological polar surface area (TPSA) is 38.8 Å². The fourth-order valence-electron chi connectivity index (χ4n) is 2.28. The number of carbonyl (C=O) groups is 1. The van der Waals surface area contributed by atoms with Gasteiger partial charge in [0.2, 0.25) is 5.91 Å². The summed E-state index contributed by atoms with van der Waals surface area (Å²) in [5, 5.41) is -0.506. The summed E-state index contributed by atoms with van der Waals surface area (Å²) in [6.07, 6.45) is 2.39. The summed E-state index contributed by atoms with van der Waals surface area (Å²) < 4.78 is 10.6. The maximum Gasteiger partial charge on any atom is 0.240 e. The summed E-state index contributed by atoms with van der Waals surface area (Å²) >= 11 is 5.97. The van der Waals surface area contributed by atoms with E-state index in [-0.39, 0.29) is 5.91 Å². The maximum absolute atomic E-state index is 12.3. The highest BCUT2D eigenvalue weighted by Gasteiger charge is 2.28. The Morgan fingerprint density at radius 1 is 1.38 bits per heavy atom. The number of rotatable bonds is 7.